The fourth-order valence-electron chi connectivity index (χ4n) is 1.79. The van der Waals surface area contributed by atoms with E-state index in [0.717, 1.165) is 25.3 Å². The van der Waals surface area contributed by atoms with Crippen molar-refractivity contribution in [1.82, 2.24) is 10.2 Å². The highest BCUT2D eigenvalue weighted by Crippen LogP contribution is 2.28. The molecular weight excluding hydrogens is 235 g/mol. The van der Waals surface area contributed by atoms with Gasteiger partial charge in [0.25, 0.3) is 0 Å². The summed E-state index contributed by atoms with van der Waals surface area (Å²) in [6.07, 6.45) is -2.04. The van der Waals surface area contributed by atoms with E-state index < -0.39 is 11.9 Å². The zero-order valence-corrected chi connectivity index (χ0v) is 8.94. The minimum atomic E-state index is -4.48. The molecule has 0 amide bonds. The van der Waals surface area contributed by atoms with E-state index in [4.69, 9.17) is 10.5 Å². The molecule has 0 spiro atoms. The first-order valence-corrected chi connectivity index (χ1v) is 5.30. The fraction of sp³-hybridized carbons (Fsp3) is 0.600. The first-order chi connectivity index (χ1) is 7.97. The lowest BCUT2D eigenvalue weighted by Crippen LogP contribution is -2.33. The standard InChI is InChI=1S/C10H12F3N3O/c11-10(12,13)8-4-5-9(16-15-8)17-7-3-1-2-6(7)14/h4-7H,1-3,14H2. The third-order valence-corrected chi connectivity index (χ3v) is 2.71. The zero-order chi connectivity index (χ0) is 12.5. The van der Waals surface area contributed by atoms with Crippen molar-refractivity contribution in [2.75, 3.05) is 0 Å². The number of hydrogen-bond donors (Lipinski definition) is 1. The predicted molar refractivity (Wildman–Crippen MR) is 53.3 cm³/mol. The molecule has 1 aliphatic rings. The van der Waals surface area contributed by atoms with Crippen LogP contribution in [0.2, 0.25) is 0 Å². The summed E-state index contributed by atoms with van der Waals surface area (Å²) in [4.78, 5) is 0. The third kappa shape index (κ3) is 2.85. The van der Waals surface area contributed by atoms with Crippen molar-refractivity contribution in [3.63, 3.8) is 0 Å². The lowest BCUT2D eigenvalue weighted by molar-refractivity contribution is -0.141. The Morgan fingerprint density at radius 2 is 2.00 bits per heavy atom. The molecule has 0 radical (unpaired) electrons. The van der Waals surface area contributed by atoms with E-state index in [1.807, 2.05) is 0 Å². The Bertz CT molecular complexity index is 379. The molecule has 4 nitrogen and oxygen atoms in total. The number of aromatic nitrogens is 2. The molecule has 0 bridgehead atoms. The highest BCUT2D eigenvalue weighted by Gasteiger charge is 2.33. The number of alkyl halides is 3. The molecule has 1 aliphatic carbocycles. The summed E-state index contributed by atoms with van der Waals surface area (Å²) in [5, 5.41) is 6.47. The van der Waals surface area contributed by atoms with Gasteiger partial charge in [0.1, 0.15) is 6.10 Å². The molecule has 2 N–H and O–H groups in total. The van der Waals surface area contributed by atoms with Crippen molar-refractivity contribution in [3.8, 4) is 5.88 Å². The van der Waals surface area contributed by atoms with E-state index in [2.05, 4.69) is 10.2 Å². The Balaban J connectivity index is 2.03. The first kappa shape index (κ1) is 12.1. The molecule has 2 rings (SSSR count). The van der Waals surface area contributed by atoms with Crippen molar-refractivity contribution in [2.45, 2.75) is 37.6 Å². The van der Waals surface area contributed by atoms with Crippen LogP contribution >= 0.6 is 0 Å². The van der Waals surface area contributed by atoms with E-state index in [-0.39, 0.29) is 18.0 Å². The molecule has 94 valence electrons. The Morgan fingerprint density at radius 3 is 2.47 bits per heavy atom. The molecule has 7 heteroatoms. The van der Waals surface area contributed by atoms with Crippen LogP contribution in [0.1, 0.15) is 25.0 Å². The Hall–Kier alpha value is -1.37. The molecule has 1 aromatic heterocycles. The summed E-state index contributed by atoms with van der Waals surface area (Å²) in [5.41, 5.74) is 4.75. The van der Waals surface area contributed by atoms with Gasteiger partial charge in [-0.1, -0.05) is 0 Å². The van der Waals surface area contributed by atoms with Gasteiger partial charge in [0.05, 0.1) is 0 Å². The third-order valence-electron chi connectivity index (χ3n) is 2.71. The number of nitrogens with zero attached hydrogens (tertiary/aromatic N) is 2. The highest BCUT2D eigenvalue weighted by atomic mass is 19.4. The van der Waals surface area contributed by atoms with Crippen molar-refractivity contribution >= 4 is 0 Å². The van der Waals surface area contributed by atoms with Gasteiger partial charge >= 0.3 is 6.18 Å². The van der Waals surface area contributed by atoms with Gasteiger partial charge in [0.2, 0.25) is 5.88 Å². The molecule has 0 saturated heterocycles. The highest BCUT2D eigenvalue weighted by molar-refractivity contribution is 5.14. The first-order valence-electron chi connectivity index (χ1n) is 5.30. The smallest absolute Gasteiger partial charge is 0.435 e. The van der Waals surface area contributed by atoms with Gasteiger partial charge < -0.3 is 10.5 Å². The number of rotatable bonds is 2. The van der Waals surface area contributed by atoms with Crippen LogP contribution in [0.25, 0.3) is 0 Å². The minimum Gasteiger partial charge on any atom is -0.472 e. The topological polar surface area (TPSA) is 61.0 Å². The number of hydrogen-bond acceptors (Lipinski definition) is 4. The molecule has 1 heterocycles. The van der Waals surface area contributed by atoms with Crippen LogP contribution in [0.15, 0.2) is 12.1 Å². The van der Waals surface area contributed by atoms with Gasteiger partial charge in [-0.2, -0.15) is 13.2 Å². The summed E-state index contributed by atoms with van der Waals surface area (Å²) in [7, 11) is 0. The molecular formula is C10H12F3N3O. The van der Waals surface area contributed by atoms with Crippen LogP contribution in [0.3, 0.4) is 0 Å². The van der Waals surface area contributed by atoms with E-state index in [1.54, 1.807) is 0 Å². The van der Waals surface area contributed by atoms with Crippen molar-refractivity contribution in [3.05, 3.63) is 17.8 Å². The Labute approximate surface area is 96.0 Å². The monoisotopic (exact) mass is 247 g/mol. The van der Waals surface area contributed by atoms with Crippen LogP contribution in [-0.2, 0) is 6.18 Å². The second-order valence-corrected chi connectivity index (χ2v) is 4.01. The maximum absolute atomic E-state index is 12.2. The largest absolute Gasteiger partial charge is 0.472 e. The van der Waals surface area contributed by atoms with Crippen molar-refractivity contribution in [1.29, 1.82) is 0 Å². The summed E-state index contributed by atoms with van der Waals surface area (Å²) < 4.78 is 42.1. The normalized spacial score (nSPS) is 24.9. The molecule has 2 unspecified atom stereocenters. The lowest BCUT2D eigenvalue weighted by Gasteiger charge is -2.16. The lowest BCUT2D eigenvalue weighted by atomic mass is 10.2. The van der Waals surface area contributed by atoms with Crippen molar-refractivity contribution < 1.29 is 17.9 Å². The molecule has 17 heavy (non-hydrogen) atoms. The summed E-state index contributed by atoms with van der Waals surface area (Å²) >= 11 is 0. The quantitative estimate of drug-likeness (QED) is 0.864. The molecule has 1 aromatic rings. The van der Waals surface area contributed by atoms with Gasteiger partial charge in [0.15, 0.2) is 5.69 Å². The van der Waals surface area contributed by atoms with Crippen LogP contribution in [0, 0.1) is 0 Å². The van der Waals surface area contributed by atoms with Gasteiger partial charge in [-0.15, -0.1) is 10.2 Å². The van der Waals surface area contributed by atoms with Crippen LogP contribution in [-0.4, -0.2) is 22.3 Å². The predicted octanol–water partition coefficient (Wildman–Crippen LogP) is 1.75. The minimum absolute atomic E-state index is 0.0837. The average molecular weight is 247 g/mol. The van der Waals surface area contributed by atoms with Crippen LogP contribution in [0.4, 0.5) is 13.2 Å². The fourth-order valence-corrected chi connectivity index (χ4v) is 1.79. The number of nitrogens with two attached hydrogens (primary N) is 1. The SMILES string of the molecule is NC1CCCC1Oc1ccc(C(F)(F)F)nn1. The van der Waals surface area contributed by atoms with Crippen LogP contribution < -0.4 is 10.5 Å². The Morgan fingerprint density at radius 1 is 1.24 bits per heavy atom. The van der Waals surface area contributed by atoms with E-state index >= 15 is 0 Å². The summed E-state index contributed by atoms with van der Waals surface area (Å²) in [5.74, 6) is 0.0837. The molecule has 2 atom stereocenters. The van der Waals surface area contributed by atoms with Gasteiger partial charge in [0, 0.05) is 12.1 Å². The summed E-state index contributed by atoms with van der Waals surface area (Å²) in [6.45, 7) is 0. The zero-order valence-electron chi connectivity index (χ0n) is 8.94. The number of halogens is 3. The van der Waals surface area contributed by atoms with E-state index in [1.165, 1.54) is 6.07 Å². The molecule has 1 saturated carbocycles. The van der Waals surface area contributed by atoms with E-state index in [9.17, 15) is 13.2 Å². The summed E-state index contributed by atoms with van der Waals surface area (Å²) in [6, 6.07) is 1.93. The van der Waals surface area contributed by atoms with Crippen LogP contribution in [0.5, 0.6) is 5.88 Å². The Kier molecular flexibility index (Phi) is 3.19. The average Bonchev–Trinajstić information content (AvgIpc) is 2.64. The maximum atomic E-state index is 12.2. The molecule has 0 aliphatic heterocycles. The van der Waals surface area contributed by atoms with Crippen molar-refractivity contribution in [2.24, 2.45) is 5.73 Å². The van der Waals surface area contributed by atoms with E-state index in [0.29, 0.717) is 0 Å². The second-order valence-electron chi connectivity index (χ2n) is 4.01. The van der Waals surface area contributed by atoms with Gasteiger partial charge in [-0.05, 0) is 25.3 Å². The molecule has 1 fully saturated rings. The van der Waals surface area contributed by atoms with Gasteiger partial charge in [-0.3, -0.25) is 0 Å². The van der Waals surface area contributed by atoms with Gasteiger partial charge in [-0.25, -0.2) is 0 Å². The number of ether oxygens (including phenoxy) is 1. The molecule has 0 aromatic carbocycles. The maximum Gasteiger partial charge on any atom is 0.435 e. The second kappa shape index (κ2) is 4.48.